The van der Waals surface area contributed by atoms with E-state index in [1.165, 1.54) is 19.5 Å². The molecular weight excluding hydrogens is 198 g/mol. The summed E-state index contributed by atoms with van der Waals surface area (Å²) >= 11 is 0. The number of carbonyl (C=O) groups excluding carboxylic acids is 1. The van der Waals surface area contributed by atoms with E-state index < -0.39 is 0 Å². The number of ether oxygens (including phenoxy) is 2. The molecule has 1 rings (SSSR count). The van der Waals surface area contributed by atoms with Crippen LogP contribution in [-0.4, -0.2) is 36.2 Å². The van der Waals surface area contributed by atoms with Gasteiger partial charge in [-0.25, -0.2) is 0 Å². The van der Waals surface area contributed by atoms with Gasteiger partial charge in [-0.05, 0) is 6.92 Å². The number of hydrogen-bond acceptors (Lipinski definition) is 6. The molecule has 15 heavy (non-hydrogen) atoms. The number of anilines is 1. The Hall–Kier alpha value is -1.85. The molecule has 0 radical (unpaired) electrons. The molecule has 1 aromatic rings. The molecule has 0 amide bonds. The van der Waals surface area contributed by atoms with Gasteiger partial charge in [0.25, 0.3) is 0 Å². The van der Waals surface area contributed by atoms with Gasteiger partial charge < -0.3 is 14.8 Å². The SMILES string of the molecule is CCOC(=O)CNc1cncc(OC)n1. The molecule has 0 unspecified atom stereocenters. The van der Waals surface area contributed by atoms with Crippen molar-refractivity contribution in [2.24, 2.45) is 0 Å². The Balaban J connectivity index is 2.46. The lowest BCUT2D eigenvalue weighted by molar-refractivity contribution is -0.140. The van der Waals surface area contributed by atoms with Crippen LogP contribution in [0.25, 0.3) is 0 Å². The van der Waals surface area contributed by atoms with E-state index in [4.69, 9.17) is 9.47 Å². The molecule has 0 atom stereocenters. The number of aromatic nitrogens is 2. The average Bonchev–Trinajstić information content (AvgIpc) is 2.27. The zero-order chi connectivity index (χ0) is 11.1. The molecule has 0 aliphatic rings. The van der Waals surface area contributed by atoms with Gasteiger partial charge in [-0.3, -0.25) is 9.78 Å². The largest absolute Gasteiger partial charge is 0.480 e. The molecule has 0 aliphatic heterocycles. The number of esters is 1. The van der Waals surface area contributed by atoms with Crippen molar-refractivity contribution in [3.05, 3.63) is 12.4 Å². The number of nitrogens with zero attached hydrogens (tertiary/aromatic N) is 2. The van der Waals surface area contributed by atoms with E-state index in [1.54, 1.807) is 6.92 Å². The van der Waals surface area contributed by atoms with Crippen LogP contribution in [0, 0.1) is 0 Å². The first-order chi connectivity index (χ1) is 7.26. The molecule has 1 N–H and O–H groups in total. The van der Waals surface area contributed by atoms with Crippen molar-refractivity contribution in [2.75, 3.05) is 25.6 Å². The van der Waals surface area contributed by atoms with Crippen LogP contribution in [0.3, 0.4) is 0 Å². The molecule has 0 bridgehead atoms. The second-order valence-corrected chi connectivity index (χ2v) is 2.61. The number of methoxy groups -OCH3 is 1. The summed E-state index contributed by atoms with van der Waals surface area (Å²) in [6, 6.07) is 0. The maximum absolute atomic E-state index is 11.0. The zero-order valence-corrected chi connectivity index (χ0v) is 8.69. The molecule has 0 aromatic carbocycles. The van der Waals surface area contributed by atoms with Gasteiger partial charge >= 0.3 is 5.97 Å². The van der Waals surface area contributed by atoms with E-state index in [2.05, 4.69) is 15.3 Å². The minimum absolute atomic E-state index is 0.0652. The summed E-state index contributed by atoms with van der Waals surface area (Å²) in [5, 5.41) is 2.78. The second kappa shape index (κ2) is 5.79. The van der Waals surface area contributed by atoms with Crippen molar-refractivity contribution in [2.45, 2.75) is 6.92 Å². The quantitative estimate of drug-likeness (QED) is 0.713. The predicted molar refractivity (Wildman–Crippen MR) is 53.7 cm³/mol. The van der Waals surface area contributed by atoms with Crippen molar-refractivity contribution in [1.82, 2.24) is 9.97 Å². The predicted octanol–water partition coefficient (Wildman–Crippen LogP) is 0.460. The van der Waals surface area contributed by atoms with Crippen molar-refractivity contribution in [3.63, 3.8) is 0 Å². The first-order valence-corrected chi connectivity index (χ1v) is 4.51. The Kier molecular flexibility index (Phi) is 4.33. The maximum Gasteiger partial charge on any atom is 0.325 e. The summed E-state index contributed by atoms with van der Waals surface area (Å²) < 4.78 is 9.62. The third-order valence-corrected chi connectivity index (χ3v) is 1.54. The Labute approximate surface area is 87.6 Å². The first kappa shape index (κ1) is 11.2. The topological polar surface area (TPSA) is 73.3 Å². The van der Waals surface area contributed by atoms with Crippen LogP contribution in [-0.2, 0) is 9.53 Å². The summed E-state index contributed by atoms with van der Waals surface area (Å²) in [6.07, 6.45) is 2.98. The highest BCUT2D eigenvalue weighted by Gasteiger charge is 2.02. The second-order valence-electron chi connectivity index (χ2n) is 2.61. The normalized spacial score (nSPS) is 9.47. The van der Waals surface area contributed by atoms with Crippen LogP contribution in [0.15, 0.2) is 12.4 Å². The monoisotopic (exact) mass is 211 g/mol. The first-order valence-electron chi connectivity index (χ1n) is 4.51. The fraction of sp³-hybridized carbons (Fsp3) is 0.444. The van der Waals surface area contributed by atoms with Gasteiger partial charge in [-0.1, -0.05) is 0 Å². The van der Waals surface area contributed by atoms with E-state index in [-0.39, 0.29) is 12.5 Å². The van der Waals surface area contributed by atoms with Gasteiger partial charge in [0, 0.05) is 0 Å². The van der Waals surface area contributed by atoms with Crippen LogP contribution in [0.2, 0.25) is 0 Å². The highest BCUT2D eigenvalue weighted by molar-refractivity contribution is 5.74. The number of carbonyl (C=O) groups is 1. The van der Waals surface area contributed by atoms with Crippen molar-refractivity contribution >= 4 is 11.8 Å². The Morgan fingerprint density at radius 1 is 1.53 bits per heavy atom. The van der Waals surface area contributed by atoms with Crippen LogP contribution < -0.4 is 10.1 Å². The molecule has 0 spiro atoms. The van der Waals surface area contributed by atoms with Gasteiger partial charge in [0.15, 0.2) is 0 Å². The molecule has 0 fully saturated rings. The minimum atomic E-state index is -0.331. The number of hydrogen-bond donors (Lipinski definition) is 1. The zero-order valence-electron chi connectivity index (χ0n) is 8.69. The Morgan fingerprint density at radius 2 is 2.33 bits per heavy atom. The Bertz CT molecular complexity index is 330. The molecule has 0 aliphatic carbocycles. The molecule has 6 nitrogen and oxygen atoms in total. The van der Waals surface area contributed by atoms with Gasteiger partial charge in [-0.2, -0.15) is 4.98 Å². The summed E-state index contributed by atoms with van der Waals surface area (Å²) in [7, 11) is 1.50. The van der Waals surface area contributed by atoms with Crippen molar-refractivity contribution in [3.8, 4) is 5.88 Å². The molecule has 82 valence electrons. The van der Waals surface area contributed by atoms with Gasteiger partial charge in [0.05, 0.1) is 26.1 Å². The fourth-order valence-electron chi connectivity index (χ4n) is 0.906. The smallest absolute Gasteiger partial charge is 0.325 e. The van der Waals surface area contributed by atoms with E-state index in [0.29, 0.717) is 18.3 Å². The summed E-state index contributed by atoms with van der Waals surface area (Å²) in [5.41, 5.74) is 0. The van der Waals surface area contributed by atoms with Crippen LogP contribution >= 0.6 is 0 Å². The van der Waals surface area contributed by atoms with E-state index >= 15 is 0 Å². The van der Waals surface area contributed by atoms with Gasteiger partial charge in [0.2, 0.25) is 5.88 Å². The molecule has 6 heteroatoms. The average molecular weight is 211 g/mol. The standard InChI is InChI=1S/C9H13N3O3/c1-3-15-9(13)6-11-7-4-10-5-8(12-7)14-2/h4-5H,3,6H2,1-2H3,(H,11,12). The minimum Gasteiger partial charge on any atom is -0.480 e. The molecule has 0 saturated carbocycles. The number of rotatable bonds is 5. The molecular formula is C9H13N3O3. The van der Waals surface area contributed by atoms with E-state index in [9.17, 15) is 4.79 Å². The van der Waals surface area contributed by atoms with Crippen molar-refractivity contribution < 1.29 is 14.3 Å². The lowest BCUT2D eigenvalue weighted by atomic mass is 10.6. The number of nitrogens with one attached hydrogen (secondary N) is 1. The van der Waals surface area contributed by atoms with Crippen molar-refractivity contribution in [1.29, 1.82) is 0 Å². The summed E-state index contributed by atoms with van der Waals surface area (Å²) in [4.78, 5) is 18.9. The Morgan fingerprint density at radius 3 is 3.00 bits per heavy atom. The summed E-state index contributed by atoms with van der Waals surface area (Å²) in [5.74, 6) is 0.536. The van der Waals surface area contributed by atoms with Crippen LogP contribution in [0.5, 0.6) is 5.88 Å². The molecule has 1 heterocycles. The highest BCUT2D eigenvalue weighted by atomic mass is 16.5. The maximum atomic E-state index is 11.0. The molecule has 0 saturated heterocycles. The lowest BCUT2D eigenvalue weighted by Gasteiger charge is -2.05. The fourth-order valence-corrected chi connectivity index (χ4v) is 0.906. The third-order valence-electron chi connectivity index (χ3n) is 1.54. The van der Waals surface area contributed by atoms with Crippen LogP contribution in [0.4, 0.5) is 5.82 Å². The summed E-state index contributed by atoms with van der Waals surface area (Å²) in [6.45, 7) is 2.18. The highest BCUT2D eigenvalue weighted by Crippen LogP contribution is 2.07. The molecule has 1 aromatic heterocycles. The lowest BCUT2D eigenvalue weighted by Crippen LogP contribution is -2.17. The van der Waals surface area contributed by atoms with Gasteiger partial charge in [0.1, 0.15) is 12.4 Å². The third kappa shape index (κ3) is 3.80. The van der Waals surface area contributed by atoms with E-state index in [1.807, 2.05) is 0 Å². The van der Waals surface area contributed by atoms with Crippen LogP contribution in [0.1, 0.15) is 6.92 Å². The van der Waals surface area contributed by atoms with E-state index in [0.717, 1.165) is 0 Å². The van der Waals surface area contributed by atoms with Gasteiger partial charge in [-0.15, -0.1) is 0 Å².